The van der Waals surface area contributed by atoms with Crippen LogP contribution in [0.2, 0.25) is 0 Å². The van der Waals surface area contributed by atoms with Gasteiger partial charge in [0.15, 0.2) is 0 Å². The van der Waals surface area contributed by atoms with Crippen molar-refractivity contribution in [1.29, 1.82) is 0 Å². The SMILES string of the molecule is Cl.N[C@H]1CCC[C@@H](CO)C1. The molecule has 0 spiro atoms. The van der Waals surface area contributed by atoms with Crippen molar-refractivity contribution in [3.63, 3.8) is 0 Å². The van der Waals surface area contributed by atoms with Gasteiger partial charge in [-0.3, -0.25) is 0 Å². The van der Waals surface area contributed by atoms with Crippen LogP contribution in [0.4, 0.5) is 0 Å². The van der Waals surface area contributed by atoms with Crippen molar-refractivity contribution in [2.75, 3.05) is 6.61 Å². The lowest BCUT2D eigenvalue weighted by Crippen LogP contribution is -2.29. The lowest BCUT2D eigenvalue weighted by atomic mass is 9.87. The molecule has 2 nitrogen and oxygen atoms in total. The molecule has 0 aromatic carbocycles. The Morgan fingerprint density at radius 2 is 2.10 bits per heavy atom. The molecule has 1 saturated carbocycles. The third-order valence-corrected chi connectivity index (χ3v) is 2.08. The molecule has 0 aromatic rings. The molecule has 2 atom stereocenters. The minimum atomic E-state index is 0. The highest BCUT2D eigenvalue weighted by atomic mass is 35.5. The van der Waals surface area contributed by atoms with E-state index in [2.05, 4.69) is 0 Å². The Hall–Kier alpha value is 0.210. The summed E-state index contributed by atoms with van der Waals surface area (Å²) in [4.78, 5) is 0. The van der Waals surface area contributed by atoms with Gasteiger partial charge in [-0.05, 0) is 25.2 Å². The van der Waals surface area contributed by atoms with Crippen LogP contribution < -0.4 is 5.73 Å². The fraction of sp³-hybridized carbons (Fsp3) is 1.00. The molecule has 0 unspecified atom stereocenters. The van der Waals surface area contributed by atoms with Crippen molar-refractivity contribution in [3.8, 4) is 0 Å². The van der Waals surface area contributed by atoms with Crippen molar-refractivity contribution in [1.82, 2.24) is 0 Å². The second kappa shape index (κ2) is 4.94. The van der Waals surface area contributed by atoms with E-state index in [9.17, 15) is 0 Å². The van der Waals surface area contributed by atoms with Crippen LogP contribution in [0.1, 0.15) is 25.7 Å². The second-order valence-electron chi connectivity index (χ2n) is 2.98. The molecule has 10 heavy (non-hydrogen) atoms. The molecule has 0 aliphatic heterocycles. The van der Waals surface area contributed by atoms with Gasteiger partial charge < -0.3 is 10.8 Å². The Bertz CT molecular complexity index is 89.7. The summed E-state index contributed by atoms with van der Waals surface area (Å²) >= 11 is 0. The molecule has 0 heterocycles. The fourth-order valence-corrected chi connectivity index (χ4v) is 1.50. The lowest BCUT2D eigenvalue weighted by molar-refractivity contribution is 0.180. The molecule has 1 aliphatic carbocycles. The molecule has 1 rings (SSSR count). The van der Waals surface area contributed by atoms with Gasteiger partial charge in [0.05, 0.1) is 0 Å². The van der Waals surface area contributed by atoms with Crippen molar-refractivity contribution >= 4 is 12.4 Å². The van der Waals surface area contributed by atoms with Gasteiger partial charge in [0, 0.05) is 12.6 Å². The van der Waals surface area contributed by atoms with Crippen molar-refractivity contribution in [2.45, 2.75) is 31.7 Å². The van der Waals surface area contributed by atoms with Crippen LogP contribution in [0.5, 0.6) is 0 Å². The Balaban J connectivity index is 0.000000810. The number of aliphatic hydroxyl groups is 1. The first-order valence-electron chi connectivity index (χ1n) is 3.69. The highest BCUT2D eigenvalue weighted by molar-refractivity contribution is 5.85. The zero-order chi connectivity index (χ0) is 6.69. The molecule has 3 heteroatoms. The molecular weight excluding hydrogens is 150 g/mol. The van der Waals surface area contributed by atoms with E-state index >= 15 is 0 Å². The summed E-state index contributed by atoms with van der Waals surface area (Å²) in [5, 5.41) is 8.75. The maximum Gasteiger partial charge on any atom is 0.0459 e. The van der Waals surface area contributed by atoms with Gasteiger partial charge in [0.25, 0.3) is 0 Å². The van der Waals surface area contributed by atoms with Gasteiger partial charge in [-0.25, -0.2) is 0 Å². The Labute approximate surface area is 68.2 Å². The van der Waals surface area contributed by atoms with Gasteiger partial charge in [0.1, 0.15) is 0 Å². The first-order valence-corrected chi connectivity index (χ1v) is 3.69. The largest absolute Gasteiger partial charge is 0.396 e. The average molecular weight is 166 g/mol. The Morgan fingerprint density at radius 3 is 2.50 bits per heavy atom. The zero-order valence-corrected chi connectivity index (χ0v) is 6.94. The van der Waals surface area contributed by atoms with Crippen LogP contribution in [0.25, 0.3) is 0 Å². The van der Waals surface area contributed by atoms with Gasteiger partial charge in [-0.2, -0.15) is 0 Å². The third kappa shape index (κ3) is 2.86. The smallest absolute Gasteiger partial charge is 0.0459 e. The summed E-state index contributed by atoms with van der Waals surface area (Å²) in [5.74, 6) is 0.494. The molecule has 0 saturated heterocycles. The molecular formula is C7H16ClNO. The number of hydrogen-bond acceptors (Lipinski definition) is 2. The van der Waals surface area contributed by atoms with E-state index in [-0.39, 0.29) is 12.4 Å². The maximum absolute atomic E-state index is 8.75. The first-order chi connectivity index (χ1) is 4.33. The minimum Gasteiger partial charge on any atom is -0.396 e. The summed E-state index contributed by atoms with van der Waals surface area (Å²) in [5.41, 5.74) is 5.69. The highest BCUT2D eigenvalue weighted by Crippen LogP contribution is 2.21. The van der Waals surface area contributed by atoms with Gasteiger partial charge >= 0.3 is 0 Å². The van der Waals surface area contributed by atoms with Crippen LogP contribution in [0.15, 0.2) is 0 Å². The van der Waals surface area contributed by atoms with Crippen LogP contribution in [0.3, 0.4) is 0 Å². The summed E-state index contributed by atoms with van der Waals surface area (Å²) < 4.78 is 0. The van der Waals surface area contributed by atoms with Gasteiger partial charge in [-0.1, -0.05) is 6.42 Å². The number of aliphatic hydroxyl groups excluding tert-OH is 1. The summed E-state index contributed by atoms with van der Waals surface area (Å²) in [6.45, 7) is 0.327. The summed E-state index contributed by atoms with van der Waals surface area (Å²) in [6.07, 6.45) is 4.55. The van der Waals surface area contributed by atoms with Crippen LogP contribution in [0, 0.1) is 5.92 Å². The Morgan fingerprint density at radius 1 is 1.40 bits per heavy atom. The van der Waals surface area contributed by atoms with E-state index in [4.69, 9.17) is 10.8 Å². The molecule has 1 fully saturated rings. The van der Waals surface area contributed by atoms with E-state index in [1.807, 2.05) is 0 Å². The number of halogens is 1. The normalized spacial score (nSPS) is 33.0. The highest BCUT2D eigenvalue weighted by Gasteiger charge is 2.17. The minimum absolute atomic E-state index is 0. The van der Waals surface area contributed by atoms with E-state index in [0.29, 0.717) is 18.6 Å². The molecule has 3 N–H and O–H groups in total. The molecule has 0 bridgehead atoms. The van der Waals surface area contributed by atoms with E-state index < -0.39 is 0 Å². The van der Waals surface area contributed by atoms with Crippen LogP contribution >= 0.6 is 12.4 Å². The summed E-state index contributed by atoms with van der Waals surface area (Å²) in [6, 6.07) is 0.357. The first kappa shape index (κ1) is 10.2. The van der Waals surface area contributed by atoms with E-state index in [0.717, 1.165) is 12.8 Å². The quantitative estimate of drug-likeness (QED) is 0.607. The topological polar surface area (TPSA) is 46.2 Å². The average Bonchev–Trinajstić information content (AvgIpc) is 1.88. The summed E-state index contributed by atoms with van der Waals surface area (Å²) in [7, 11) is 0. The maximum atomic E-state index is 8.75. The second-order valence-corrected chi connectivity index (χ2v) is 2.98. The van der Waals surface area contributed by atoms with Gasteiger partial charge in [0.2, 0.25) is 0 Å². The monoisotopic (exact) mass is 165 g/mol. The number of hydrogen-bond donors (Lipinski definition) is 2. The Kier molecular flexibility index (Phi) is 5.04. The number of nitrogens with two attached hydrogens (primary N) is 1. The molecule has 1 aliphatic rings. The number of rotatable bonds is 1. The van der Waals surface area contributed by atoms with E-state index in [1.165, 1.54) is 12.8 Å². The third-order valence-electron chi connectivity index (χ3n) is 2.08. The van der Waals surface area contributed by atoms with Crippen molar-refractivity contribution < 1.29 is 5.11 Å². The fourth-order valence-electron chi connectivity index (χ4n) is 1.50. The van der Waals surface area contributed by atoms with E-state index in [1.54, 1.807) is 0 Å². The zero-order valence-electron chi connectivity index (χ0n) is 6.12. The van der Waals surface area contributed by atoms with Gasteiger partial charge in [-0.15, -0.1) is 12.4 Å². The van der Waals surface area contributed by atoms with Crippen LogP contribution in [-0.2, 0) is 0 Å². The predicted molar refractivity (Wildman–Crippen MR) is 44.3 cm³/mol. The standard InChI is InChI=1S/C7H15NO.ClH/c8-7-3-1-2-6(4-7)5-9;/h6-7,9H,1-5,8H2;1H/t6-,7+;/m1./s1. The molecule has 0 amide bonds. The predicted octanol–water partition coefficient (Wildman–Crippen LogP) is 0.918. The molecule has 0 aromatic heterocycles. The van der Waals surface area contributed by atoms with Crippen molar-refractivity contribution in [3.05, 3.63) is 0 Å². The lowest BCUT2D eigenvalue weighted by Gasteiger charge is -2.24. The molecule has 62 valence electrons. The van der Waals surface area contributed by atoms with Crippen LogP contribution in [-0.4, -0.2) is 17.8 Å². The van der Waals surface area contributed by atoms with Crippen molar-refractivity contribution in [2.24, 2.45) is 11.7 Å². The molecule has 0 radical (unpaired) electrons.